The molecule has 0 heterocycles. The average Bonchev–Trinajstić information content (AvgIpc) is 2.40. The molecular weight excluding hydrogens is 280 g/mol. The van der Waals surface area contributed by atoms with Gasteiger partial charge in [0.15, 0.2) is 0 Å². The van der Waals surface area contributed by atoms with Gasteiger partial charge in [0.05, 0.1) is 12.2 Å². The van der Waals surface area contributed by atoms with Gasteiger partial charge in [-0.1, -0.05) is 19.8 Å². The van der Waals surface area contributed by atoms with Crippen molar-refractivity contribution in [2.75, 3.05) is 6.61 Å². The maximum absolute atomic E-state index is 11.5. The fourth-order valence-electron chi connectivity index (χ4n) is 1.58. The van der Waals surface area contributed by atoms with Crippen molar-refractivity contribution in [3.05, 3.63) is 29.8 Å². The van der Waals surface area contributed by atoms with Crippen LogP contribution >= 0.6 is 12.4 Å². The minimum Gasteiger partial charge on any atom is -0.462 e. The number of ether oxygens (including phenoxy) is 2. The molecule has 0 fully saturated rings. The molecule has 0 unspecified atom stereocenters. The molecule has 0 amide bonds. The van der Waals surface area contributed by atoms with Crippen molar-refractivity contribution in [3.63, 3.8) is 0 Å². The summed E-state index contributed by atoms with van der Waals surface area (Å²) in [6.45, 7) is 4.18. The normalized spacial score (nSPS) is 9.50. The van der Waals surface area contributed by atoms with Crippen LogP contribution in [0.2, 0.25) is 0 Å². The Morgan fingerprint density at radius 1 is 1.05 bits per heavy atom. The van der Waals surface area contributed by atoms with Gasteiger partial charge in [-0.2, -0.15) is 0 Å². The molecule has 0 aliphatic heterocycles. The molecule has 1 aromatic rings. The van der Waals surface area contributed by atoms with E-state index in [1.54, 1.807) is 31.2 Å². The van der Waals surface area contributed by atoms with Crippen LogP contribution in [0.5, 0.6) is 5.75 Å². The number of rotatable bonds is 7. The van der Waals surface area contributed by atoms with E-state index in [9.17, 15) is 9.59 Å². The summed E-state index contributed by atoms with van der Waals surface area (Å²) in [4.78, 5) is 22.9. The van der Waals surface area contributed by atoms with Crippen molar-refractivity contribution in [2.45, 2.75) is 39.5 Å². The largest absolute Gasteiger partial charge is 0.462 e. The Kier molecular flexibility index (Phi) is 9.47. The van der Waals surface area contributed by atoms with E-state index < -0.39 is 0 Å². The minimum absolute atomic E-state index is 0. The standard InChI is InChI=1S/C15H20O4.ClH/c1-3-5-6-7-14(16)19-13-10-8-12(9-11-13)15(17)18-4-2;/h8-11H,3-7H2,1-2H3;1H. The van der Waals surface area contributed by atoms with Crippen LogP contribution in [0.3, 0.4) is 0 Å². The Labute approximate surface area is 125 Å². The summed E-state index contributed by atoms with van der Waals surface area (Å²) < 4.78 is 10.0. The van der Waals surface area contributed by atoms with E-state index in [-0.39, 0.29) is 24.3 Å². The number of hydrogen-bond acceptors (Lipinski definition) is 4. The second-order valence-corrected chi connectivity index (χ2v) is 4.18. The van der Waals surface area contributed by atoms with Crippen LogP contribution < -0.4 is 4.74 Å². The third kappa shape index (κ3) is 6.57. The molecule has 1 aromatic carbocycles. The van der Waals surface area contributed by atoms with Crippen LogP contribution in [0.15, 0.2) is 24.3 Å². The van der Waals surface area contributed by atoms with Crippen LogP contribution in [0, 0.1) is 0 Å². The highest BCUT2D eigenvalue weighted by atomic mass is 35.5. The predicted octanol–water partition coefficient (Wildman–Crippen LogP) is 3.77. The first kappa shape index (κ1) is 18.4. The van der Waals surface area contributed by atoms with Gasteiger partial charge in [-0.25, -0.2) is 4.79 Å². The van der Waals surface area contributed by atoms with E-state index in [2.05, 4.69) is 6.92 Å². The molecule has 0 saturated carbocycles. The molecule has 0 aromatic heterocycles. The number of carbonyl (C=O) groups excluding carboxylic acids is 2. The summed E-state index contributed by atoms with van der Waals surface area (Å²) in [6, 6.07) is 6.38. The number of unbranched alkanes of at least 4 members (excludes halogenated alkanes) is 2. The Balaban J connectivity index is 0.00000361. The number of hydrogen-bond donors (Lipinski definition) is 0. The van der Waals surface area contributed by atoms with Crippen LogP contribution in [0.1, 0.15) is 49.9 Å². The van der Waals surface area contributed by atoms with Crippen molar-refractivity contribution >= 4 is 24.3 Å². The first-order valence-electron chi connectivity index (χ1n) is 6.65. The van der Waals surface area contributed by atoms with Crippen LogP contribution in [0.25, 0.3) is 0 Å². The second kappa shape index (κ2) is 10.3. The molecule has 0 saturated heterocycles. The molecule has 0 radical (unpaired) electrons. The van der Waals surface area contributed by atoms with E-state index in [1.165, 1.54) is 0 Å². The Hall–Kier alpha value is -1.55. The summed E-state index contributed by atoms with van der Waals surface area (Å²) in [5.74, 6) is -0.157. The molecule has 0 aliphatic carbocycles. The lowest BCUT2D eigenvalue weighted by molar-refractivity contribution is -0.134. The second-order valence-electron chi connectivity index (χ2n) is 4.18. The Morgan fingerprint density at radius 3 is 2.25 bits per heavy atom. The Morgan fingerprint density at radius 2 is 1.70 bits per heavy atom. The van der Waals surface area contributed by atoms with Gasteiger partial charge in [-0.15, -0.1) is 12.4 Å². The highest BCUT2D eigenvalue weighted by Gasteiger charge is 2.08. The minimum atomic E-state index is -0.372. The molecule has 0 bridgehead atoms. The zero-order valence-electron chi connectivity index (χ0n) is 11.9. The molecule has 4 nitrogen and oxygen atoms in total. The fourth-order valence-corrected chi connectivity index (χ4v) is 1.58. The first-order chi connectivity index (χ1) is 9.17. The lowest BCUT2D eigenvalue weighted by atomic mass is 10.2. The third-order valence-corrected chi connectivity index (χ3v) is 2.58. The van der Waals surface area contributed by atoms with Crippen LogP contribution in [-0.2, 0) is 9.53 Å². The van der Waals surface area contributed by atoms with Gasteiger partial charge in [-0.05, 0) is 37.6 Å². The predicted molar refractivity (Wildman–Crippen MR) is 79.4 cm³/mol. The smallest absolute Gasteiger partial charge is 0.338 e. The van der Waals surface area contributed by atoms with Gasteiger partial charge in [-0.3, -0.25) is 4.79 Å². The molecule has 5 heteroatoms. The maximum Gasteiger partial charge on any atom is 0.338 e. The summed E-state index contributed by atoms with van der Waals surface area (Å²) in [6.07, 6.45) is 3.36. The van der Waals surface area contributed by atoms with E-state index in [1.807, 2.05) is 0 Å². The summed E-state index contributed by atoms with van der Waals surface area (Å²) in [5.41, 5.74) is 0.452. The molecule has 0 spiro atoms. The van der Waals surface area contributed by atoms with Crippen molar-refractivity contribution in [1.29, 1.82) is 0 Å². The van der Waals surface area contributed by atoms with E-state index in [4.69, 9.17) is 9.47 Å². The highest BCUT2D eigenvalue weighted by molar-refractivity contribution is 5.89. The SMILES string of the molecule is CCCCCC(=O)Oc1ccc(C(=O)OCC)cc1.Cl. The van der Waals surface area contributed by atoms with Crippen LogP contribution in [-0.4, -0.2) is 18.5 Å². The first-order valence-corrected chi connectivity index (χ1v) is 6.65. The highest BCUT2D eigenvalue weighted by Crippen LogP contribution is 2.14. The summed E-state index contributed by atoms with van der Waals surface area (Å²) >= 11 is 0. The quantitative estimate of drug-likeness (QED) is 0.437. The number of halogens is 1. The monoisotopic (exact) mass is 300 g/mol. The molecule has 0 atom stereocenters. The van der Waals surface area contributed by atoms with Gasteiger partial charge in [0.25, 0.3) is 0 Å². The maximum atomic E-state index is 11.5. The lowest BCUT2D eigenvalue weighted by Crippen LogP contribution is -2.08. The molecule has 112 valence electrons. The molecule has 20 heavy (non-hydrogen) atoms. The van der Waals surface area contributed by atoms with Crippen molar-refractivity contribution in [3.8, 4) is 5.75 Å². The van der Waals surface area contributed by atoms with Gasteiger partial charge in [0.2, 0.25) is 0 Å². The summed E-state index contributed by atoms with van der Waals surface area (Å²) in [7, 11) is 0. The summed E-state index contributed by atoms with van der Waals surface area (Å²) in [5, 5.41) is 0. The molecular formula is C15H21ClO4. The average molecular weight is 301 g/mol. The van der Waals surface area contributed by atoms with Crippen LogP contribution in [0.4, 0.5) is 0 Å². The zero-order valence-corrected chi connectivity index (χ0v) is 12.7. The van der Waals surface area contributed by atoms with E-state index in [0.717, 1.165) is 19.3 Å². The van der Waals surface area contributed by atoms with Crippen molar-refractivity contribution < 1.29 is 19.1 Å². The van der Waals surface area contributed by atoms with E-state index >= 15 is 0 Å². The molecule has 0 N–H and O–H groups in total. The number of benzene rings is 1. The Bertz CT molecular complexity index is 414. The van der Waals surface area contributed by atoms with E-state index in [0.29, 0.717) is 24.3 Å². The van der Waals surface area contributed by atoms with Gasteiger partial charge in [0.1, 0.15) is 5.75 Å². The zero-order chi connectivity index (χ0) is 14.1. The van der Waals surface area contributed by atoms with Crippen molar-refractivity contribution in [2.24, 2.45) is 0 Å². The third-order valence-electron chi connectivity index (χ3n) is 2.58. The molecule has 1 rings (SSSR count). The van der Waals surface area contributed by atoms with Gasteiger partial charge in [0, 0.05) is 6.42 Å². The van der Waals surface area contributed by atoms with Gasteiger partial charge >= 0.3 is 11.9 Å². The molecule has 0 aliphatic rings. The lowest BCUT2D eigenvalue weighted by Gasteiger charge is -2.05. The fraction of sp³-hybridized carbons (Fsp3) is 0.467. The van der Waals surface area contributed by atoms with Crippen molar-refractivity contribution in [1.82, 2.24) is 0 Å². The van der Waals surface area contributed by atoms with Gasteiger partial charge < -0.3 is 9.47 Å². The number of esters is 2. The number of carbonyl (C=O) groups is 2. The topological polar surface area (TPSA) is 52.6 Å².